The molecule has 0 aromatic heterocycles. The molecule has 0 heterocycles. The van der Waals surface area contributed by atoms with Crippen LogP contribution >= 0.6 is 0 Å². The fraction of sp³-hybridized carbons (Fsp3) is 0.385. The number of likely N-dealkylation sites (N-methyl/N-ethyl adjacent to an activating group) is 1. The summed E-state index contributed by atoms with van der Waals surface area (Å²) in [7, 11) is 1.77. The molecule has 19 heavy (non-hydrogen) atoms. The highest BCUT2D eigenvalue weighted by atomic mass is 19.1. The van der Waals surface area contributed by atoms with Crippen molar-refractivity contribution >= 4 is 17.5 Å². The molecule has 0 aliphatic heterocycles. The maximum absolute atomic E-state index is 13.6. The molecule has 0 aliphatic carbocycles. The maximum Gasteiger partial charge on any atom is 0.254 e. The van der Waals surface area contributed by atoms with Crippen LogP contribution in [0.4, 0.5) is 10.1 Å². The van der Waals surface area contributed by atoms with E-state index in [0.29, 0.717) is 12.2 Å². The molecule has 0 saturated heterocycles. The van der Waals surface area contributed by atoms with Gasteiger partial charge in [0.2, 0.25) is 5.91 Å². The first-order valence-corrected chi connectivity index (χ1v) is 5.96. The van der Waals surface area contributed by atoms with E-state index in [2.05, 4.69) is 16.0 Å². The lowest BCUT2D eigenvalue weighted by Crippen LogP contribution is -2.37. The Balaban J connectivity index is 2.80. The summed E-state index contributed by atoms with van der Waals surface area (Å²) in [6.45, 7) is 3.63. The van der Waals surface area contributed by atoms with E-state index in [1.54, 1.807) is 7.05 Å². The van der Waals surface area contributed by atoms with Gasteiger partial charge in [0.05, 0.1) is 5.56 Å². The molecule has 1 unspecified atom stereocenters. The smallest absolute Gasteiger partial charge is 0.254 e. The van der Waals surface area contributed by atoms with Crippen LogP contribution in [0.2, 0.25) is 0 Å². The normalized spacial score (nSPS) is 11.8. The topological polar surface area (TPSA) is 70.2 Å². The molecule has 1 aromatic carbocycles. The number of carbonyl (C=O) groups is 2. The molecule has 1 atom stereocenters. The average molecular weight is 267 g/mol. The maximum atomic E-state index is 13.6. The van der Waals surface area contributed by atoms with E-state index < -0.39 is 11.7 Å². The first-order chi connectivity index (χ1) is 8.93. The van der Waals surface area contributed by atoms with Gasteiger partial charge in [0.25, 0.3) is 5.91 Å². The molecule has 0 bridgehead atoms. The lowest BCUT2D eigenvalue weighted by molar-refractivity contribution is -0.114. The van der Waals surface area contributed by atoms with Crippen molar-refractivity contribution in [3.8, 4) is 0 Å². The number of rotatable bonds is 5. The molecular weight excluding hydrogens is 249 g/mol. The number of halogens is 1. The van der Waals surface area contributed by atoms with Gasteiger partial charge < -0.3 is 16.0 Å². The van der Waals surface area contributed by atoms with Gasteiger partial charge in [-0.05, 0) is 32.2 Å². The van der Waals surface area contributed by atoms with E-state index in [4.69, 9.17) is 0 Å². The monoisotopic (exact) mass is 267 g/mol. The van der Waals surface area contributed by atoms with E-state index >= 15 is 0 Å². The van der Waals surface area contributed by atoms with Crippen molar-refractivity contribution in [1.29, 1.82) is 0 Å². The van der Waals surface area contributed by atoms with E-state index in [0.717, 1.165) is 6.07 Å². The molecule has 1 aromatic rings. The van der Waals surface area contributed by atoms with Crippen LogP contribution in [-0.4, -0.2) is 31.4 Å². The molecule has 0 saturated carbocycles. The summed E-state index contributed by atoms with van der Waals surface area (Å²) in [5.74, 6) is -1.41. The second kappa shape index (κ2) is 6.84. The summed E-state index contributed by atoms with van der Waals surface area (Å²) in [4.78, 5) is 22.8. The fourth-order valence-corrected chi connectivity index (χ4v) is 1.42. The van der Waals surface area contributed by atoms with Gasteiger partial charge >= 0.3 is 0 Å². The van der Waals surface area contributed by atoms with Crippen LogP contribution in [0.3, 0.4) is 0 Å². The van der Waals surface area contributed by atoms with Crippen LogP contribution in [0.5, 0.6) is 0 Å². The highest BCUT2D eigenvalue weighted by Gasteiger charge is 2.13. The predicted molar refractivity (Wildman–Crippen MR) is 71.6 cm³/mol. The van der Waals surface area contributed by atoms with E-state index in [9.17, 15) is 14.0 Å². The molecule has 0 radical (unpaired) electrons. The van der Waals surface area contributed by atoms with Gasteiger partial charge in [-0.25, -0.2) is 4.39 Å². The van der Waals surface area contributed by atoms with Gasteiger partial charge in [-0.2, -0.15) is 0 Å². The van der Waals surface area contributed by atoms with Gasteiger partial charge in [-0.15, -0.1) is 0 Å². The second-order valence-electron chi connectivity index (χ2n) is 4.28. The number of nitrogens with one attached hydrogen (secondary N) is 3. The molecule has 104 valence electrons. The van der Waals surface area contributed by atoms with Crippen LogP contribution < -0.4 is 16.0 Å². The van der Waals surface area contributed by atoms with E-state index in [-0.39, 0.29) is 17.5 Å². The number of carbonyl (C=O) groups excluding carboxylic acids is 2. The highest BCUT2D eigenvalue weighted by molar-refractivity contribution is 5.97. The molecule has 0 fully saturated rings. The lowest BCUT2D eigenvalue weighted by atomic mass is 10.1. The van der Waals surface area contributed by atoms with Crippen molar-refractivity contribution in [1.82, 2.24) is 10.6 Å². The standard InChI is InChI=1S/C13H18FN3O2/c1-8(15-3)7-16-13(19)11-6-10(17-9(2)18)4-5-12(11)14/h4-6,8,15H,7H2,1-3H3,(H,16,19)(H,17,18). The Morgan fingerprint density at radius 2 is 2.05 bits per heavy atom. The van der Waals surface area contributed by atoms with Crippen LogP contribution in [0.25, 0.3) is 0 Å². The number of hydrogen-bond acceptors (Lipinski definition) is 3. The summed E-state index contributed by atoms with van der Waals surface area (Å²) < 4.78 is 13.6. The van der Waals surface area contributed by atoms with Gasteiger partial charge in [-0.1, -0.05) is 0 Å². The largest absolute Gasteiger partial charge is 0.350 e. The van der Waals surface area contributed by atoms with Crippen LogP contribution in [0.15, 0.2) is 18.2 Å². The Bertz CT molecular complexity index is 477. The van der Waals surface area contributed by atoms with Gasteiger partial charge in [-0.3, -0.25) is 9.59 Å². The number of benzene rings is 1. The number of anilines is 1. The molecule has 2 amide bonds. The van der Waals surface area contributed by atoms with Gasteiger partial charge in [0.1, 0.15) is 5.82 Å². The Hall–Kier alpha value is -1.95. The third-order valence-corrected chi connectivity index (χ3v) is 2.59. The molecule has 5 nitrogen and oxygen atoms in total. The van der Waals surface area contributed by atoms with Crippen LogP contribution in [-0.2, 0) is 4.79 Å². The van der Waals surface area contributed by atoms with Crippen molar-refractivity contribution in [3.63, 3.8) is 0 Å². The number of amides is 2. The summed E-state index contributed by atoms with van der Waals surface area (Å²) in [6, 6.07) is 3.96. The van der Waals surface area contributed by atoms with Crippen molar-refractivity contribution in [2.24, 2.45) is 0 Å². The van der Waals surface area contributed by atoms with Crippen molar-refractivity contribution in [2.45, 2.75) is 19.9 Å². The van der Waals surface area contributed by atoms with Gasteiger partial charge in [0, 0.05) is 25.2 Å². The fourth-order valence-electron chi connectivity index (χ4n) is 1.42. The zero-order valence-corrected chi connectivity index (χ0v) is 11.2. The third kappa shape index (κ3) is 4.67. The Morgan fingerprint density at radius 3 is 2.63 bits per heavy atom. The third-order valence-electron chi connectivity index (χ3n) is 2.59. The SMILES string of the molecule is CNC(C)CNC(=O)c1cc(NC(C)=O)ccc1F. The molecule has 0 spiro atoms. The average Bonchev–Trinajstić information content (AvgIpc) is 2.37. The first-order valence-electron chi connectivity index (χ1n) is 5.96. The Morgan fingerprint density at radius 1 is 1.37 bits per heavy atom. The minimum absolute atomic E-state index is 0.0884. The zero-order valence-electron chi connectivity index (χ0n) is 11.2. The predicted octanol–water partition coefficient (Wildman–Crippen LogP) is 1.12. The van der Waals surface area contributed by atoms with E-state index in [1.165, 1.54) is 19.1 Å². The summed E-state index contributed by atoms with van der Waals surface area (Å²) in [5.41, 5.74) is 0.301. The highest BCUT2D eigenvalue weighted by Crippen LogP contribution is 2.14. The van der Waals surface area contributed by atoms with Crippen molar-refractivity contribution < 1.29 is 14.0 Å². The van der Waals surface area contributed by atoms with E-state index in [1.807, 2.05) is 6.92 Å². The minimum Gasteiger partial charge on any atom is -0.350 e. The zero-order chi connectivity index (χ0) is 14.4. The van der Waals surface area contributed by atoms with Gasteiger partial charge in [0.15, 0.2) is 0 Å². The summed E-state index contributed by atoms with van der Waals surface area (Å²) >= 11 is 0. The molecule has 3 N–H and O–H groups in total. The summed E-state index contributed by atoms with van der Waals surface area (Å²) in [6.07, 6.45) is 0. The minimum atomic E-state index is -0.622. The summed E-state index contributed by atoms with van der Waals surface area (Å²) in [5, 5.41) is 8.08. The van der Waals surface area contributed by atoms with Crippen molar-refractivity contribution in [3.05, 3.63) is 29.6 Å². The number of hydrogen-bond donors (Lipinski definition) is 3. The quantitative estimate of drug-likeness (QED) is 0.748. The lowest BCUT2D eigenvalue weighted by Gasteiger charge is -2.12. The Labute approximate surface area is 111 Å². The van der Waals surface area contributed by atoms with Crippen LogP contribution in [0.1, 0.15) is 24.2 Å². The Kier molecular flexibility index (Phi) is 5.44. The molecule has 0 aliphatic rings. The molecule has 1 rings (SSSR count). The molecule has 6 heteroatoms. The van der Waals surface area contributed by atoms with Crippen LogP contribution in [0, 0.1) is 5.82 Å². The second-order valence-corrected chi connectivity index (χ2v) is 4.28. The van der Waals surface area contributed by atoms with Crippen molar-refractivity contribution in [2.75, 3.05) is 18.9 Å². The molecular formula is C13H18FN3O2. The first kappa shape index (κ1) is 15.1.